The molecule has 1 aliphatic rings. The first-order valence-corrected chi connectivity index (χ1v) is 17.6. The SMILES string of the molecule is O=C1c2cc(-c3ccccc3)ccc2N(c2ccc(-c3ccccc3)cc2)c2cc(-c3ccccc3)cc3c4cc(-c5ccccc5)ccc4n1c23. The van der Waals surface area contributed by atoms with Gasteiger partial charge in [-0.1, -0.05) is 146 Å². The highest BCUT2D eigenvalue weighted by Crippen LogP contribution is 2.49. The van der Waals surface area contributed by atoms with Gasteiger partial charge in [-0.15, -0.1) is 0 Å². The van der Waals surface area contributed by atoms with Crippen LogP contribution in [-0.2, 0) is 0 Å². The van der Waals surface area contributed by atoms with E-state index in [1.807, 2.05) is 34.9 Å². The van der Waals surface area contributed by atoms with E-state index in [0.29, 0.717) is 5.56 Å². The Bertz CT molecular complexity index is 2770. The molecule has 0 N–H and O–H groups in total. The Hall–Kier alpha value is -6.97. The number of benzene rings is 8. The molecule has 1 aromatic heterocycles. The highest BCUT2D eigenvalue weighted by molar-refractivity contribution is 6.24. The van der Waals surface area contributed by atoms with Crippen LogP contribution in [-0.4, -0.2) is 10.5 Å². The Morgan fingerprint density at radius 3 is 1.40 bits per heavy atom. The van der Waals surface area contributed by atoms with Gasteiger partial charge < -0.3 is 4.90 Å². The second-order valence-corrected chi connectivity index (χ2v) is 13.3. The monoisotopic (exact) mass is 664 g/mol. The highest BCUT2D eigenvalue weighted by Gasteiger charge is 2.32. The van der Waals surface area contributed by atoms with E-state index in [-0.39, 0.29) is 5.91 Å². The van der Waals surface area contributed by atoms with E-state index in [1.54, 1.807) is 0 Å². The lowest BCUT2D eigenvalue weighted by Gasteiger charge is -2.27. The van der Waals surface area contributed by atoms with Gasteiger partial charge in [-0.25, -0.2) is 0 Å². The molecule has 0 radical (unpaired) electrons. The third-order valence-corrected chi connectivity index (χ3v) is 10.3. The van der Waals surface area contributed by atoms with Crippen molar-refractivity contribution in [2.45, 2.75) is 0 Å². The minimum Gasteiger partial charge on any atom is -0.308 e. The van der Waals surface area contributed by atoms with Gasteiger partial charge in [0.1, 0.15) is 0 Å². The normalized spacial score (nSPS) is 12.2. The molecule has 0 atom stereocenters. The van der Waals surface area contributed by atoms with E-state index >= 15 is 4.79 Å². The van der Waals surface area contributed by atoms with E-state index in [1.165, 1.54) is 0 Å². The van der Waals surface area contributed by atoms with E-state index in [2.05, 4.69) is 169 Å². The highest BCUT2D eigenvalue weighted by atomic mass is 16.2. The molecule has 0 aliphatic carbocycles. The zero-order chi connectivity index (χ0) is 34.6. The third kappa shape index (κ3) is 4.86. The molecule has 52 heavy (non-hydrogen) atoms. The summed E-state index contributed by atoms with van der Waals surface area (Å²) in [5.74, 6) is -0.0441. The molecule has 3 heteroatoms. The number of hydrogen-bond donors (Lipinski definition) is 0. The maximum atomic E-state index is 15.2. The Kier molecular flexibility index (Phi) is 6.97. The van der Waals surface area contributed by atoms with Crippen molar-refractivity contribution in [1.29, 1.82) is 0 Å². The number of fused-ring (bicyclic) bond motifs is 4. The summed E-state index contributed by atoms with van der Waals surface area (Å²) in [4.78, 5) is 17.5. The molecule has 244 valence electrons. The van der Waals surface area contributed by atoms with Crippen LogP contribution in [0.5, 0.6) is 0 Å². The van der Waals surface area contributed by atoms with E-state index in [0.717, 1.165) is 83.4 Å². The van der Waals surface area contributed by atoms with E-state index in [9.17, 15) is 0 Å². The standard InChI is InChI=1S/C49H32N2O/c52-49-44-30-39(35-17-9-3-10-18-35)24-28-46(44)50(41-25-21-37(22-26-41)33-13-5-1-6-14-33)47-32-40(36-19-11-4-12-20-36)31-43-42-29-38(34-15-7-2-8-16-34)23-27-45(42)51(49)48(43)47/h1-32H. The number of anilines is 3. The lowest BCUT2D eigenvalue weighted by molar-refractivity contribution is 0.0971. The number of aromatic nitrogens is 1. The quantitative estimate of drug-likeness (QED) is 0.183. The predicted molar refractivity (Wildman–Crippen MR) is 216 cm³/mol. The minimum absolute atomic E-state index is 0.0441. The van der Waals surface area contributed by atoms with Crippen molar-refractivity contribution < 1.29 is 4.79 Å². The van der Waals surface area contributed by atoms with Gasteiger partial charge in [0.2, 0.25) is 0 Å². The van der Waals surface area contributed by atoms with Crippen molar-refractivity contribution in [3.8, 4) is 44.5 Å². The van der Waals surface area contributed by atoms with Crippen LogP contribution in [0.1, 0.15) is 10.4 Å². The van der Waals surface area contributed by atoms with Crippen LogP contribution in [0.2, 0.25) is 0 Å². The van der Waals surface area contributed by atoms with Crippen molar-refractivity contribution in [2.24, 2.45) is 0 Å². The molecule has 0 unspecified atom stereocenters. The summed E-state index contributed by atoms with van der Waals surface area (Å²) in [5, 5.41) is 2.09. The Labute approximate surface area is 302 Å². The molecule has 3 nitrogen and oxygen atoms in total. The van der Waals surface area contributed by atoms with E-state index in [4.69, 9.17) is 0 Å². The smallest absolute Gasteiger partial charge is 0.265 e. The molecule has 2 heterocycles. The average Bonchev–Trinajstić information content (AvgIpc) is 3.51. The number of nitrogens with zero attached hydrogens (tertiary/aromatic N) is 2. The molecular formula is C49H32N2O. The molecule has 0 fully saturated rings. The summed E-state index contributed by atoms with van der Waals surface area (Å²) < 4.78 is 1.95. The van der Waals surface area contributed by atoms with Gasteiger partial charge in [0.15, 0.2) is 0 Å². The van der Waals surface area contributed by atoms with Crippen LogP contribution in [0, 0.1) is 0 Å². The van der Waals surface area contributed by atoms with Crippen LogP contribution >= 0.6 is 0 Å². The lowest BCUT2D eigenvalue weighted by atomic mass is 9.97. The first-order chi connectivity index (χ1) is 25.7. The summed E-state index contributed by atoms with van der Waals surface area (Å²) >= 11 is 0. The van der Waals surface area contributed by atoms with Gasteiger partial charge in [-0.3, -0.25) is 9.36 Å². The molecule has 10 rings (SSSR count). The Morgan fingerprint density at radius 1 is 0.346 bits per heavy atom. The van der Waals surface area contributed by atoms with Gasteiger partial charge in [-0.2, -0.15) is 0 Å². The van der Waals surface area contributed by atoms with Gasteiger partial charge in [0.05, 0.1) is 28.0 Å². The van der Waals surface area contributed by atoms with Crippen molar-refractivity contribution in [3.63, 3.8) is 0 Å². The third-order valence-electron chi connectivity index (χ3n) is 10.3. The Balaban J connectivity index is 1.30. The number of rotatable bonds is 5. The average molecular weight is 665 g/mol. The first kappa shape index (κ1) is 29.9. The van der Waals surface area contributed by atoms with Crippen LogP contribution in [0.4, 0.5) is 17.1 Å². The maximum absolute atomic E-state index is 15.2. The van der Waals surface area contributed by atoms with Crippen molar-refractivity contribution in [3.05, 3.63) is 200 Å². The second kappa shape index (κ2) is 12.1. The molecule has 0 amide bonds. The van der Waals surface area contributed by atoms with Gasteiger partial charge in [0.25, 0.3) is 5.91 Å². The largest absolute Gasteiger partial charge is 0.308 e. The van der Waals surface area contributed by atoms with Crippen LogP contribution in [0.15, 0.2) is 194 Å². The number of carbonyl (C=O) groups is 1. The summed E-state index contributed by atoms with van der Waals surface area (Å²) in [7, 11) is 0. The minimum atomic E-state index is -0.0441. The summed E-state index contributed by atoms with van der Waals surface area (Å²) in [6, 6.07) is 67.7. The Morgan fingerprint density at radius 2 is 0.808 bits per heavy atom. The molecular weight excluding hydrogens is 633 g/mol. The van der Waals surface area contributed by atoms with Gasteiger partial charge in [0, 0.05) is 16.5 Å². The molecule has 9 aromatic rings. The van der Waals surface area contributed by atoms with Crippen molar-refractivity contribution in [2.75, 3.05) is 4.90 Å². The lowest BCUT2D eigenvalue weighted by Crippen LogP contribution is -2.14. The molecule has 0 saturated carbocycles. The fourth-order valence-corrected chi connectivity index (χ4v) is 7.79. The molecule has 1 aliphatic heterocycles. The zero-order valence-electron chi connectivity index (χ0n) is 28.3. The fraction of sp³-hybridized carbons (Fsp3) is 0. The molecule has 8 aromatic carbocycles. The second-order valence-electron chi connectivity index (χ2n) is 13.3. The molecule has 0 bridgehead atoms. The van der Waals surface area contributed by atoms with Gasteiger partial charge >= 0.3 is 0 Å². The molecule has 0 spiro atoms. The molecule has 0 saturated heterocycles. The van der Waals surface area contributed by atoms with Crippen LogP contribution in [0.3, 0.4) is 0 Å². The topological polar surface area (TPSA) is 25.2 Å². The van der Waals surface area contributed by atoms with Crippen LogP contribution in [0.25, 0.3) is 66.3 Å². The maximum Gasteiger partial charge on any atom is 0.265 e. The number of carbonyl (C=O) groups excluding carboxylic acids is 1. The summed E-state index contributed by atoms with van der Waals surface area (Å²) in [6.07, 6.45) is 0. The number of hydrogen-bond acceptors (Lipinski definition) is 2. The predicted octanol–water partition coefficient (Wildman–Crippen LogP) is 12.9. The first-order valence-electron chi connectivity index (χ1n) is 17.6. The van der Waals surface area contributed by atoms with E-state index < -0.39 is 0 Å². The summed E-state index contributed by atoms with van der Waals surface area (Å²) in [6.45, 7) is 0. The fourth-order valence-electron chi connectivity index (χ4n) is 7.79. The zero-order valence-corrected chi connectivity index (χ0v) is 28.3. The van der Waals surface area contributed by atoms with Crippen molar-refractivity contribution in [1.82, 2.24) is 4.57 Å². The van der Waals surface area contributed by atoms with Crippen molar-refractivity contribution >= 4 is 44.8 Å². The van der Waals surface area contributed by atoms with Gasteiger partial charge in [-0.05, 0) is 93.0 Å². The summed E-state index contributed by atoms with van der Waals surface area (Å²) in [5.41, 5.74) is 14.1. The van der Waals surface area contributed by atoms with Crippen LogP contribution < -0.4 is 4.90 Å².